The average molecular weight is 472 g/mol. The molecule has 1 unspecified atom stereocenters. The first-order valence-electron chi connectivity index (χ1n) is 13.6. The fourth-order valence-electron chi connectivity index (χ4n) is 6.88. The quantitative estimate of drug-likeness (QED) is 0.450. The summed E-state index contributed by atoms with van der Waals surface area (Å²) in [5.41, 5.74) is 7.00. The maximum atomic E-state index is 11.8. The van der Waals surface area contributed by atoms with Crippen LogP contribution < -0.4 is 5.32 Å². The summed E-state index contributed by atoms with van der Waals surface area (Å²) in [5.74, 6) is -0.303. The van der Waals surface area contributed by atoms with E-state index in [0.29, 0.717) is 17.5 Å². The highest BCUT2D eigenvalue weighted by molar-refractivity contribution is 5.98. The molecule has 1 aliphatic carbocycles. The van der Waals surface area contributed by atoms with Gasteiger partial charge in [0.15, 0.2) is 0 Å². The van der Waals surface area contributed by atoms with Gasteiger partial charge < -0.3 is 19.9 Å². The molecule has 35 heavy (non-hydrogen) atoms. The fourth-order valence-corrected chi connectivity index (χ4v) is 6.88. The first kappa shape index (κ1) is 22.8. The summed E-state index contributed by atoms with van der Waals surface area (Å²) in [6, 6.07) is 15.1. The second-order valence-corrected chi connectivity index (χ2v) is 10.7. The van der Waals surface area contributed by atoms with Crippen molar-refractivity contribution in [3.63, 3.8) is 0 Å². The van der Waals surface area contributed by atoms with Gasteiger partial charge in [-0.2, -0.15) is 0 Å². The van der Waals surface area contributed by atoms with E-state index >= 15 is 0 Å². The molecule has 0 spiro atoms. The molecule has 5 nitrogen and oxygen atoms in total. The number of aromatic carboxylic acids is 1. The third kappa shape index (κ3) is 4.30. The van der Waals surface area contributed by atoms with E-state index in [9.17, 15) is 9.90 Å². The average Bonchev–Trinajstić information content (AvgIpc) is 3.48. The van der Waals surface area contributed by atoms with Gasteiger partial charge in [-0.25, -0.2) is 4.79 Å². The van der Waals surface area contributed by atoms with Crippen LogP contribution in [0.3, 0.4) is 0 Å². The summed E-state index contributed by atoms with van der Waals surface area (Å²) in [7, 11) is 0. The molecule has 0 radical (unpaired) electrons. The predicted octanol–water partition coefficient (Wildman–Crippen LogP) is 6.18. The lowest BCUT2D eigenvalue weighted by Gasteiger charge is -2.24. The van der Waals surface area contributed by atoms with Gasteiger partial charge in [-0.3, -0.25) is 0 Å². The maximum absolute atomic E-state index is 11.8. The smallest absolute Gasteiger partial charge is 0.335 e. The van der Waals surface area contributed by atoms with Gasteiger partial charge in [0.1, 0.15) is 0 Å². The Bertz CT molecular complexity index is 1220. The Morgan fingerprint density at radius 3 is 2.54 bits per heavy atom. The molecule has 2 N–H and O–H groups in total. The summed E-state index contributed by atoms with van der Waals surface area (Å²) >= 11 is 0. The van der Waals surface area contributed by atoms with Crippen LogP contribution in [-0.4, -0.2) is 46.7 Å². The zero-order valence-corrected chi connectivity index (χ0v) is 20.6. The summed E-state index contributed by atoms with van der Waals surface area (Å²) in [6.45, 7) is 5.49. The fraction of sp³-hybridized carbons (Fsp3) is 0.500. The van der Waals surface area contributed by atoms with Crippen molar-refractivity contribution in [2.45, 2.75) is 69.9 Å². The van der Waals surface area contributed by atoms with E-state index in [1.807, 2.05) is 6.07 Å². The van der Waals surface area contributed by atoms with Crippen LogP contribution in [0.5, 0.6) is 0 Å². The molecule has 0 bridgehead atoms. The number of aryl methyl sites for hydroxylation is 1. The number of nitrogens with one attached hydrogen (secondary N) is 1. The standard InChI is InChI=1S/C30H37N3O2/c34-30(35)22-12-13-25-27(20-22)33-18-14-26(31-15-19-32-16-6-7-17-32)23-10-4-5-11-24(23)29(33)28(25)21-8-2-1-3-9-21/h4-5,10-13,20-21,26,31H,1-3,6-9,14-19H2,(H,34,35). The number of rotatable bonds is 6. The van der Waals surface area contributed by atoms with Crippen molar-refractivity contribution in [3.05, 3.63) is 59.2 Å². The first-order valence-corrected chi connectivity index (χ1v) is 13.6. The van der Waals surface area contributed by atoms with Crippen molar-refractivity contribution in [3.8, 4) is 11.3 Å². The molecular weight excluding hydrogens is 434 g/mol. The zero-order chi connectivity index (χ0) is 23.8. The third-order valence-corrected chi connectivity index (χ3v) is 8.61. The minimum atomic E-state index is -0.850. The molecule has 1 saturated carbocycles. The summed E-state index contributed by atoms with van der Waals surface area (Å²) < 4.78 is 2.45. The number of carboxylic acids is 1. The number of benzene rings is 2. The normalized spacial score (nSPS) is 21.1. The molecule has 5 heteroatoms. The van der Waals surface area contributed by atoms with E-state index in [4.69, 9.17) is 0 Å². The van der Waals surface area contributed by atoms with E-state index in [1.54, 1.807) is 6.07 Å². The Hall–Kier alpha value is -2.63. The zero-order valence-electron chi connectivity index (χ0n) is 20.6. The number of fused-ring (bicyclic) bond motifs is 5. The van der Waals surface area contributed by atoms with Gasteiger partial charge in [-0.05, 0) is 74.4 Å². The van der Waals surface area contributed by atoms with Crippen molar-refractivity contribution in [1.29, 1.82) is 0 Å². The highest BCUT2D eigenvalue weighted by atomic mass is 16.4. The van der Waals surface area contributed by atoms with Crippen LogP contribution in [0.15, 0.2) is 42.5 Å². The Labute approximate surface area is 208 Å². The van der Waals surface area contributed by atoms with E-state index in [-0.39, 0.29) is 0 Å². The van der Waals surface area contributed by atoms with Crippen molar-refractivity contribution in [2.75, 3.05) is 26.2 Å². The number of carbonyl (C=O) groups is 1. The molecule has 2 fully saturated rings. The minimum absolute atomic E-state index is 0.311. The number of hydrogen-bond acceptors (Lipinski definition) is 3. The molecule has 6 rings (SSSR count). The second-order valence-electron chi connectivity index (χ2n) is 10.7. The van der Waals surface area contributed by atoms with Gasteiger partial charge >= 0.3 is 5.97 Å². The maximum Gasteiger partial charge on any atom is 0.335 e. The predicted molar refractivity (Wildman–Crippen MR) is 141 cm³/mol. The lowest BCUT2D eigenvalue weighted by atomic mass is 9.81. The van der Waals surface area contributed by atoms with Gasteiger partial charge in [-0.15, -0.1) is 0 Å². The molecule has 2 aliphatic heterocycles. The highest BCUT2D eigenvalue weighted by Gasteiger charge is 2.31. The minimum Gasteiger partial charge on any atom is -0.478 e. The molecule has 2 aromatic carbocycles. The Kier molecular flexibility index (Phi) is 6.38. The van der Waals surface area contributed by atoms with Crippen LogP contribution in [0.2, 0.25) is 0 Å². The largest absolute Gasteiger partial charge is 0.478 e. The molecule has 0 amide bonds. The topological polar surface area (TPSA) is 57.5 Å². The van der Waals surface area contributed by atoms with Crippen molar-refractivity contribution >= 4 is 16.9 Å². The third-order valence-electron chi connectivity index (χ3n) is 8.61. The summed E-state index contributed by atoms with van der Waals surface area (Å²) in [4.78, 5) is 14.4. The van der Waals surface area contributed by atoms with Crippen LogP contribution in [0.1, 0.15) is 84.8 Å². The van der Waals surface area contributed by atoms with Crippen LogP contribution in [0.4, 0.5) is 0 Å². The molecule has 1 aromatic heterocycles. The van der Waals surface area contributed by atoms with E-state index < -0.39 is 5.97 Å². The number of aromatic nitrogens is 1. The number of hydrogen-bond donors (Lipinski definition) is 2. The molecule has 3 aliphatic rings. The lowest BCUT2D eigenvalue weighted by Crippen LogP contribution is -2.32. The van der Waals surface area contributed by atoms with Crippen LogP contribution in [0.25, 0.3) is 22.2 Å². The molecular formula is C30H37N3O2. The number of nitrogens with zero attached hydrogens (tertiary/aromatic N) is 2. The van der Waals surface area contributed by atoms with E-state index in [2.05, 4.69) is 45.1 Å². The molecule has 3 aromatic rings. The van der Waals surface area contributed by atoms with Gasteiger partial charge in [0.05, 0.1) is 11.3 Å². The van der Waals surface area contributed by atoms with Gasteiger partial charge in [0.2, 0.25) is 0 Å². The monoisotopic (exact) mass is 471 g/mol. The van der Waals surface area contributed by atoms with Gasteiger partial charge in [0.25, 0.3) is 0 Å². The molecule has 1 saturated heterocycles. The Morgan fingerprint density at radius 2 is 1.74 bits per heavy atom. The van der Waals surface area contributed by atoms with Crippen LogP contribution in [0, 0.1) is 0 Å². The van der Waals surface area contributed by atoms with Crippen molar-refractivity contribution in [2.24, 2.45) is 0 Å². The molecule has 1 atom stereocenters. The molecule has 184 valence electrons. The SMILES string of the molecule is O=C(O)c1ccc2c(C3CCCCC3)c3n(c2c1)CCC(NCCN1CCCC1)c1ccccc1-3. The summed E-state index contributed by atoms with van der Waals surface area (Å²) in [5, 5.41) is 14.9. The Balaban J connectivity index is 1.44. The van der Waals surface area contributed by atoms with Gasteiger partial charge in [0, 0.05) is 42.1 Å². The number of carboxylic acid groups (broad SMARTS) is 1. The van der Waals surface area contributed by atoms with Crippen molar-refractivity contribution in [1.82, 2.24) is 14.8 Å². The van der Waals surface area contributed by atoms with Crippen molar-refractivity contribution < 1.29 is 9.90 Å². The van der Waals surface area contributed by atoms with E-state index in [1.165, 1.54) is 85.8 Å². The van der Waals surface area contributed by atoms with Crippen LogP contribution >= 0.6 is 0 Å². The highest BCUT2D eigenvalue weighted by Crippen LogP contribution is 2.47. The lowest BCUT2D eigenvalue weighted by molar-refractivity contribution is 0.0697. The molecule has 3 heterocycles. The van der Waals surface area contributed by atoms with E-state index in [0.717, 1.165) is 31.6 Å². The van der Waals surface area contributed by atoms with Gasteiger partial charge in [-0.1, -0.05) is 49.6 Å². The first-order chi connectivity index (χ1) is 17.2. The summed E-state index contributed by atoms with van der Waals surface area (Å²) in [6.07, 6.45) is 10.0. The second kappa shape index (κ2) is 9.79. The van der Waals surface area contributed by atoms with Crippen LogP contribution in [-0.2, 0) is 6.54 Å². The number of likely N-dealkylation sites (tertiary alicyclic amines) is 1. The Morgan fingerprint density at radius 1 is 0.943 bits per heavy atom.